The van der Waals surface area contributed by atoms with Crippen LogP contribution in [0.4, 0.5) is 0 Å². The van der Waals surface area contributed by atoms with Gasteiger partial charge in [-0.3, -0.25) is 4.55 Å². The SMILES string of the molecule is NCC[CH2][Na].O=S(=O)(O)S. The third kappa shape index (κ3) is 60.1. The Morgan fingerprint density at radius 1 is 1.60 bits per heavy atom. The van der Waals surface area contributed by atoms with E-state index in [-0.39, 0.29) is 0 Å². The van der Waals surface area contributed by atoms with Crippen LogP contribution in [0.15, 0.2) is 0 Å². The summed E-state index contributed by atoms with van der Waals surface area (Å²) >= 11 is 3.97. The van der Waals surface area contributed by atoms with E-state index in [2.05, 4.69) is 11.7 Å². The molecule has 0 saturated heterocycles. The molecule has 0 aromatic carbocycles. The van der Waals surface area contributed by atoms with Crippen molar-refractivity contribution in [2.75, 3.05) is 6.54 Å². The predicted molar refractivity (Wildman–Crippen MR) is 44.8 cm³/mol. The Balaban J connectivity index is 0. The summed E-state index contributed by atoms with van der Waals surface area (Å²) in [6.07, 6.45) is 1.23. The topological polar surface area (TPSA) is 80.4 Å². The minimum atomic E-state index is -3.97. The first kappa shape index (κ1) is 13.8. The molecule has 3 N–H and O–H groups in total. The van der Waals surface area contributed by atoms with Crippen molar-refractivity contribution < 1.29 is 13.0 Å². The van der Waals surface area contributed by atoms with Crippen molar-refractivity contribution >= 4 is 48.7 Å². The summed E-state index contributed by atoms with van der Waals surface area (Å²) in [7, 11) is -3.97. The third-order valence-corrected chi connectivity index (χ3v) is 1.26. The molecule has 0 aromatic heterocycles. The molecule has 0 aliphatic heterocycles. The summed E-state index contributed by atoms with van der Waals surface area (Å²) in [6, 6.07) is 0. The first-order chi connectivity index (χ1) is 4.41. The van der Waals surface area contributed by atoms with Gasteiger partial charge in [0.15, 0.2) is 0 Å². The van der Waals surface area contributed by atoms with E-state index in [0.29, 0.717) is 0 Å². The van der Waals surface area contributed by atoms with Crippen LogP contribution in [0, 0.1) is 0 Å². The largest absolute Gasteiger partial charge is 0.316 e. The Hall–Kier alpha value is 1.22. The van der Waals surface area contributed by atoms with Crippen LogP contribution in [0.3, 0.4) is 0 Å². The van der Waals surface area contributed by atoms with Crippen molar-refractivity contribution in [2.45, 2.75) is 10.1 Å². The van der Waals surface area contributed by atoms with Crippen molar-refractivity contribution in [2.24, 2.45) is 5.73 Å². The number of hydrogen-bond donors (Lipinski definition) is 3. The van der Waals surface area contributed by atoms with E-state index in [1.165, 1.54) is 38.0 Å². The molecule has 0 aliphatic carbocycles. The van der Waals surface area contributed by atoms with E-state index in [4.69, 9.17) is 18.7 Å². The summed E-state index contributed by atoms with van der Waals surface area (Å²) < 4.78 is 26.8. The quantitative estimate of drug-likeness (QED) is 0.243. The Morgan fingerprint density at radius 2 is 1.90 bits per heavy atom. The standard InChI is InChI=1S/C3H8N.Na.H2O3S2/c1-2-3-4;;1-5(2,3)4/h1-4H2;;(H2,1,2,3,4). The normalized spacial score (nSPS) is 10.1. The van der Waals surface area contributed by atoms with E-state index >= 15 is 0 Å². The first-order valence-corrected chi connectivity index (χ1v) is 6.72. The molecule has 0 aromatic rings. The zero-order valence-corrected chi connectivity index (χ0v) is 9.53. The van der Waals surface area contributed by atoms with Crippen LogP contribution < -0.4 is 5.73 Å². The molecular formula is C3H10NNaO3S2. The van der Waals surface area contributed by atoms with Gasteiger partial charge < -0.3 is 0 Å². The molecule has 7 heteroatoms. The minimum absolute atomic E-state index is 0.878. The fourth-order valence-electron chi connectivity index (χ4n) is 0.204. The van der Waals surface area contributed by atoms with Gasteiger partial charge in [-0.25, -0.2) is 0 Å². The van der Waals surface area contributed by atoms with E-state index in [0.717, 1.165) is 6.54 Å². The van der Waals surface area contributed by atoms with Gasteiger partial charge in [-0.2, -0.15) is 8.42 Å². The predicted octanol–water partition coefficient (Wildman–Crippen LogP) is -0.359. The van der Waals surface area contributed by atoms with Crippen LogP contribution in [0.5, 0.6) is 0 Å². The van der Waals surface area contributed by atoms with Crippen molar-refractivity contribution in [3.05, 3.63) is 0 Å². The summed E-state index contributed by atoms with van der Waals surface area (Å²) in [6.45, 7) is 0.878. The third-order valence-electron chi connectivity index (χ3n) is 0.558. The minimum Gasteiger partial charge on any atom is -0.277 e. The van der Waals surface area contributed by atoms with E-state index in [1.807, 2.05) is 0 Å². The van der Waals surface area contributed by atoms with E-state index in [1.54, 1.807) is 0 Å². The summed E-state index contributed by atoms with van der Waals surface area (Å²) in [5, 5.41) is 0. The molecule has 10 heavy (non-hydrogen) atoms. The van der Waals surface area contributed by atoms with Crippen LogP contribution in [-0.2, 0) is 9.15 Å². The number of hydrogen-bond acceptors (Lipinski definition) is 3. The molecule has 0 unspecified atom stereocenters. The molecule has 0 fully saturated rings. The van der Waals surface area contributed by atoms with Crippen molar-refractivity contribution in [1.29, 1.82) is 0 Å². The summed E-state index contributed by atoms with van der Waals surface area (Å²) in [5.41, 5.74) is 5.16. The van der Waals surface area contributed by atoms with Gasteiger partial charge in [0.25, 0.3) is 0 Å². The van der Waals surface area contributed by atoms with Gasteiger partial charge in [0.1, 0.15) is 0 Å². The number of rotatable bonds is 2. The Bertz CT molecular complexity index is 136. The van der Waals surface area contributed by atoms with Gasteiger partial charge in [0, 0.05) is 0 Å². The molecule has 0 rings (SSSR count). The maximum absolute atomic E-state index is 9.05. The average molecular weight is 195 g/mol. The van der Waals surface area contributed by atoms with Crippen molar-refractivity contribution in [3.63, 3.8) is 0 Å². The second kappa shape index (κ2) is 8.32. The number of nitrogens with two attached hydrogens (primary N) is 1. The van der Waals surface area contributed by atoms with Crippen LogP contribution in [-0.4, -0.2) is 47.4 Å². The van der Waals surface area contributed by atoms with E-state index in [9.17, 15) is 0 Å². The Kier molecular flexibility index (Phi) is 11.5. The van der Waals surface area contributed by atoms with Crippen molar-refractivity contribution in [3.8, 4) is 0 Å². The molecule has 0 aliphatic rings. The van der Waals surface area contributed by atoms with Gasteiger partial charge in [0.2, 0.25) is 0 Å². The maximum Gasteiger partial charge on any atom is 0.316 e. The first-order valence-electron chi connectivity index (χ1n) is 2.81. The second-order valence-corrected chi connectivity index (χ2v) is 4.87. The second-order valence-electron chi connectivity index (χ2n) is 1.59. The zero-order valence-electron chi connectivity index (χ0n) is 5.82. The fourth-order valence-corrected chi connectivity index (χ4v) is 0.612. The molecule has 4 nitrogen and oxygen atoms in total. The summed E-state index contributed by atoms with van der Waals surface area (Å²) in [4.78, 5) is 0. The van der Waals surface area contributed by atoms with Gasteiger partial charge >= 0.3 is 59.5 Å². The monoisotopic (exact) mass is 195 g/mol. The van der Waals surface area contributed by atoms with Crippen LogP contribution in [0.2, 0.25) is 3.67 Å². The number of thiol groups is 1. The van der Waals surface area contributed by atoms with Gasteiger partial charge in [-0.05, 0) is 11.7 Å². The van der Waals surface area contributed by atoms with Crippen LogP contribution >= 0.6 is 11.7 Å². The molecule has 0 saturated carbocycles. The van der Waals surface area contributed by atoms with Gasteiger partial charge in [-0.1, -0.05) is 0 Å². The van der Waals surface area contributed by atoms with Crippen LogP contribution in [0.25, 0.3) is 0 Å². The maximum atomic E-state index is 9.05. The molecule has 0 heterocycles. The molecule has 0 radical (unpaired) electrons. The summed E-state index contributed by atoms with van der Waals surface area (Å²) in [5.74, 6) is 0. The van der Waals surface area contributed by atoms with E-state index < -0.39 is 9.15 Å². The van der Waals surface area contributed by atoms with Gasteiger partial charge in [0.05, 0.1) is 0 Å². The zero-order chi connectivity index (χ0) is 8.62. The molecule has 0 amide bonds. The van der Waals surface area contributed by atoms with Crippen LogP contribution in [0.1, 0.15) is 6.42 Å². The molecular weight excluding hydrogens is 185 g/mol. The molecule has 0 bridgehead atoms. The Morgan fingerprint density at radius 3 is 1.90 bits per heavy atom. The molecule has 0 atom stereocenters. The molecule has 0 spiro atoms. The molecule has 58 valence electrons. The van der Waals surface area contributed by atoms with Crippen molar-refractivity contribution in [1.82, 2.24) is 0 Å². The smallest absolute Gasteiger partial charge is 0.277 e. The Labute approximate surface area is 83.5 Å². The van der Waals surface area contributed by atoms with Gasteiger partial charge in [-0.15, -0.1) is 0 Å². The average Bonchev–Trinajstić information content (AvgIpc) is 1.63. The fraction of sp³-hybridized carbons (Fsp3) is 1.00.